The molecule has 4 N–H and O–H groups in total. The lowest BCUT2D eigenvalue weighted by Crippen LogP contribution is -2.27. The molecule has 0 spiro atoms. The maximum Gasteiger partial charge on any atom is 0.185 e. The molecule has 1 rings (SSSR count). The van der Waals surface area contributed by atoms with Crippen molar-refractivity contribution in [1.82, 2.24) is 0 Å². The summed E-state index contributed by atoms with van der Waals surface area (Å²) in [5, 5.41) is 0.759. The van der Waals surface area contributed by atoms with Crippen molar-refractivity contribution in [3.8, 4) is 0 Å². The minimum absolute atomic E-state index is 0.0225. The van der Waals surface area contributed by atoms with E-state index in [4.69, 9.17) is 23.1 Å². The van der Waals surface area contributed by atoms with Gasteiger partial charge in [0.2, 0.25) is 0 Å². The van der Waals surface area contributed by atoms with Gasteiger partial charge in [-0.1, -0.05) is 37.6 Å². The number of hydrogen-bond donors (Lipinski definition) is 2. The van der Waals surface area contributed by atoms with E-state index in [9.17, 15) is 0 Å². The summed E-state index contributed by atoms with van der Waals surface area (Å²) in [6.45, 7) is 4.86. The highest BCUT2D eigenvalue weighted by Gasteiger charge is 2.18. The second-order valence-electron chi connectivity index (χ2n) is 4.71. The molecule has 0 aromatic heterocycles. The summed E-state index contributed by atoms with van der Waals surface area (Å²) < 4.78 is 0. The zero-order valence-corrected chi connectivity index (χ0v) is 10.5. The Morgan fingerprint density at radius 2 is 2.06 bits per heavy atom. The van der Waals surface area contributed by atoms with Gasteiger partial charge in [0.05, 0.1) is 0 Å². The average molecular weight is 240 g/mol. The fourth-order valence-corrected chi connectivity index (χ4v) is 1.77. The molecule has 0 amide bonds. The van der Waals surface area contributed by atoms with Gasteiger partial charge in [0, 0.05) is 11.6 Å². The van der Waals surface area contributed by atoms with Gasteiger partial charge in [-0.2, -0.15) is 0 Å². The van der Waals surface area contributed by atoms with Crippen LogP contribution in [0.2, 0.25) is 5.02 Å². The van der Waals surface area contributed by atoms with Crippen LogP contribution < -0.4 is 11.5 Å². The first kappa shape index (κ1) is 12.8. The fourth-order valence-electron chi connectivity index (χ4n) is 1.56. The van der Waals surface area contributed by atoms with Crippen molar-refractivity contribution in [2.24, 2.45) is 21.9 Å². The lowest BCUT2D eigenvalue weighted by molar-refractivity contribution is 0.378. The summed E-state index contributed by atoms with van der Waals surface area (Å²) in [7, 11) is 0. The number of hydrogen-bond acceptors (Lipinski definition) is 1. The van der Waals surface area contributed by atoms with E-state index in [2.05, 4.69) is 24.9 Å². The zero-order valence-electron chi connectivity index (χ0n) is 9.70. The minimum Gasteiger partial charge on any atom is -0.370 e. The lowest BCUT2D eigenvalue weighted by Gasteiger charge is -2.22. The van der Waals surface area contributed by atoms with Crippen molar-refractivity contribution in [2.75, 3.05) is 6.54 Å². The number of guanidine groups is 1. The quantitative estimate of drug-likeness (QED) is 0.625. The molecule has 0 atom stereocenters. The first-order chi connectivity index (χ1) is 7.39. The Kier molecular flexibility index (Phi) is 4.19. The SMILES string of the molecule is CC(C)(CN=C(N)N)Cc1cccc(Cl)c1. The summed E-state index contributed by atoms with van der Waals surface area (Å²) in [6.07, 6.45) is 0.893. The van der Waals surface area contributed by atoms with Crippen LogP contribution >= 0.6 is 11.6 Å². The summed E-state index contributed by atoms with van der Waals surface area (Å²) in [5.41, 5.74) is 11.9. The molecule has 0 saturated heterocycles. The van der Waals surface area contributed by atoms with Gasteiger partial charge in [0.15, 0.2) is 5.96 Å². The molecule has 0 radical (unpaired) electrons. The summed E-state index contributed by atoms with van der Waals surface area (Å²) >= 11 is 5.93. The number of halogens is 1. The monoisotopic (exact) mass is 239 g/mol. The molecular formula is C12H18ClN3. The molecule has 0 aliphatic heterocycles. The van der Waals surface area contributed by atoms with Crippen molar-refractivity contribution in [1.29, 1.82) is 0 Å². The van der Waals surface area contributed by atoms with E-state index < -0.39 is 0 Å². The highest BCUT2D eigenvalue weighted by molar-refractivity contribution is 6.30. The van der Waals surface area contributed by atoms with Crippen LogP contribution in [0.5, 0.6) is 0 Å². The smallest absolute Gasteiger partial charge is 0.185 e. The zero-order chi connectivity index (χ0) is 12.2. The number of aliphatic imine (C=N–C) groups is 1. The molecule has 0 unspecified atom stereocenters. The van der Waals surface area contributed by atoms with Crippen molar-refractivity contribution in [2.45, 2.75) is 20.3 Å². The predicted octanol–water partition coefficient (Wildman–Crippen LogP) is 2.18. The Bertz CT molecular complexity index is 382. The van der Waals surface area contributed by atoms with Crippen LogP contribution in [-0.2, 0) is 6.42 Å². The van der Waals surface area contributed by atoms with Gasteiger partial charge >= 0.3 is 0 Å². The highest BCUT2D eigenvalue weighted by Crippen LogP contribution is 2.23. The second kappa shape index (κ2) is 5.21. The van der Waals surface area contributed by atoms with Crippen molar-refractivity contribution in [3.63, 3.8) is 0 Å². The Hall–Kier alpha value is -1.22. The molecule has 0 saturated carbocycles. The molecule has 3 nitrogen and oxygen atoms in total. The van der Waals surface area contributed by atoms with Crippen LogP contribution in [-0.4, -0.2) is 12.5 Å². The Morgan fingerprint density at radius 1 is 1.38 bits per heavy atom. The second-order valence-corrected chi connectivity index (χ2v) is 5.15. The Morgan fingerprint density at radius 3 is 2.62 bits per heavy atom. The molecule has 0 aliphatic carbocycles. The normalized spacial score (nSPS) is 11.2. The van der Waals surface area contributed by atoms with E-state index in [1.54, 1.807) is 0 Å². The summed E-state index contributed by atoms with van der Waals surface area (Å²) in [5.74, 6) is 0.138. The number of benzene rings is 1. The standard InChI is InChI=1S/C12H18ClN3/c1-12(2,8-16-11(14)15)7-9-4-3-5-10(13)6-9/h3-6H,7-8H2,1-2H3,(H4,14,15,16). The van der Waals surface area contributed by atoms with E-state index >= 15 is 0 Å². The van der Waals surface area contributed by atoms with Crippen LogP contribution in [0.15, 0.2) is 29.3 Å². The Labute approximate surface area is 101 Å². The van der Waals surface area contributed by atoms with Crippen LogP contribution in [0.25, 0.3) is 0 Å². The average Bonchev–Trinajstić information content (AvgIpc) is 2.14. The lowest BCUT2D eigenvalue weighted by atomic mass is 9.86. The van der Waals surface area contributed by atoms with Gasteiger partial charge in [-0.3, -0.25) is 4.99 Å². The maximum absolute atomic E-state index is 5.93. The van der Waals surface area contributed by atoms with Crippen LogP contribution in [0.4, 0.5) is 0 Å². The van der Waals surface area contributed by atoms with Crippen molar-refractivity contribution >= 4 is 17.6 Å². The molecular weight excluding hydrogens is 222 g/mol. The number of nitrogens with two attached hydrogens (primary N) is 2. The molecule has 4 heteroatoms. The third-order valence-corrected chi connectivity index (χ3v) is 2.50. The molecule has 0 aliphatic rings. The Balaban J connectivity index is 2.68. The van der Waals surface area contributed by atoms with E-state index in [0.29, 0.717) is 6.54 Å². The third kappa shape index (κ3) is 4.53. The molecule has 88 valence electrons. The van der Waals surface area contributed by atoms with Gasteiger partial charge < -0.3 is 11.5 Å². The minimum atomic E-state index is 0.0225. The molecule has 0 bridgehead atoms. The maximum atomic E-state index is 5.93. The first-order valence-electron chi connectivity index (χ1n) is 5.19. The van der Waals surface area contributed by atoms with Gasteiger partial charge in [0.1, 0.15) is 0 Å². The van der Waals surface area contributed by atoms with E-state index in [1.807, 2.05) is 18.2 Å². The summed E-state index contributed by atoms with van der Waals surface area (Å²) in [4.78, 5) is 4.05. The molecule has 0 heterocycles. The molecule has 16 heavy (non-hydrogen) atoms. The van der Waals surface area contributed by atoms with E-state index in [0.717, 1.165) is 11.4 Å². The molecule has 0 fully saturated rings. The first-order valence-corrected chi connectivity index (χ1v) is 5.57. The van der Waals surface area contributed by atoms with Gasteiger partial charge in [-0.25, -0.2) is 0 Å². The van der Waals surface area contributed by atoms with E-state index in [1.165, 1.54) is 5.56 Å². The fraction of sp³-hybridized carbons (Fsp3) is 0.417. The van der Waals surface area contributed by atoms with Crippen LogP contribution in [0.1, 0.15) is 19.4 Å². The van der Waals surface area contributed by atoms with Gasteiger partial charge in [-0.15, -0.1) is 0 Å². The predicted molar refractivity (Wildman–Crippen MR) is 69.6 cm³/mol. The van der Waals surface area contributed by atoms with Crippen LogP contribution in [0.3, 0.4) is 0 Å². The number of nitrogens with zero attached hydrogens (tertiary/aromatic N) is 1. The highest BCUT2D eigenvalue weighted by atomic mass is 35.5. The van der Waals surface area contributed by atoms with Gasteiger partial charge in [-0.05, 0) is 29.5 Å². The molecule has 1 aromatic carbocycles. The molecule has 1 aromatic rings. The number of rotatable bonds is 4. The topological polar surface area (TPSA) is 64.4 Å². The largest absolute Gasteiger partial charge is 0.370 e. The third-order valence-electron chi connectivity index (χ3n) is 2.26. The van der Waals surface area contributed by atoms with Gasteiger partial charge in [0.25, 0.3) is 0 Å². The van der Waals surface area contributed by atoms with E-state index in [-0.39, 0.29) is 11.4 Å². The summed E-state index contributed by atoms with van der Waals surface area (Å²) in [6, 6.07) is 7.85. The van der Waals surface area contributed by atoms with Crippen molar-refractivity contribution in [3.05, 3.63) is 34.9 Å². The van der Waals surface area contributed by atoms with Crippen molar-refractivity contribution < 1.29 is 0 Å². The van der Waals surface area contributed by atoms with Crippen LogP contribution in [0, 0.1) is 5.41 Å².